The Balaban J connectivity index is 1.88. The van der Waals surface area contributed by atoms with Gasteiger partial charge in [0.1, 0.15) is 6.33 Å². The fourth-order valence-corrected chi connectivity index (χ4v) is 2.05. The van der Waals surface area contributed by atoms with E-state index >= 15 is 0 Å². The molecule has 2 aromatic heterocycles. The van der Waals surface area contributed by atoms with E-state index in [1.165, 1.54) is 6.20 Å². The van der Waals surface area contributed by atoms with E-state index < -0.39 is 5.97 Å². The average molecular weight is 260 g/mol. The van der Waals surface area contributed by atoms with Crippen molar-refractivity contribution in [1.29, 1.82) is 0 Å². The minimum atomic E-state index is -1.01. The molecule has 3 heterocycles. The number of rotatable bonds is 2. The Kier molecular flexibility index (Phi) is 2.62. The molecule has 0 radical (unpaired) electrons. The number of aromatic nitrogens is 5. The Morgan fingerprint density at radius 1 is 1.42 bits per heavy atom. The van der Waals surface area contributed by atoms with E-state index in [4.69, 9.17) is 5.11 Å². The number of carboxylic acids is 1. The molecule has 0 saturated carbocycles. The SMILES string of the molecule is Cc1nc(N2CCn3cnnc3C2)ncc1C(=O)O. The standard InChI is InChI=1S/C11H12N6O2/c1-7-8(10(18)19)4-12-11(14-7)16-2-3-17-6-13-15-9(17)5-16/h4,6H,2-3,5H2,1H3,(H,18,19). The molecule has 0 aromatic carbocycles. The van der Waals surface area contributed by atoms with Crippen molar-refractivity contribution >= 4 is 11.9 Å². The zero-order valence-corrected chi connectivity index (χ0v) is 10.3. The van der Waals surface area contributed by atoms with Crippen molar-refractivity contribution in [2.45, 2.75) is 20.0 Å². The molecule has 0 amide bonds. The summed E-state index contributed by atoms with van der Waals surface area (Å²) in [6, 6.07) is 0. The van der Waals surface area contributed by atoms with Crippen LogP contribution in [0.2, 0.25) is 0 Å². The highest BCUT2D eigenvalue weighted by molar-refractivity contribution is 5.88. The largest absolute Gasteiger partial charge is 0.478 e. The molecular formula is C11H12N6O2. The highest BCUT2D eigenvalue weighted by Gasteiger charge is 2.20. The fraction of sp³-hybridized carbons (Fsp3) is 0.364. The predicted molar refractivity (Wildman–Crippen MR) is 64.8 cm³/mol. The second-order valence-corrected chi connectivity index (χ2v) is 4.34. The molecule has 0 fully saturated rings. The molecule has 1 aliphatic rings. The number of carbonyl (C=O) groups is 1. The molecule has 19 heavy (non-hydrogen) atoms. The lowest BCUT2D eigenvalue weighted by Crippen LogP contribution is -2.35. The molecule has 8 nitrogen and oxygen atoms in total. The molecule has 3 rings (SSSR count). The first-order chi connectivity index (χ1) is 9.15. The van der Waals surface area contributed by atoms with Gasteiger partial charge in [0.15, 0.2) is 5.82 Å². The molecule has 2 aromatic rings. The molecule has 0 spiro atoms. The van der Waals surface area contributed by atoms with Gasteiger partial charge in [0.2, 0.25) is 5.95 Å². The quantitative estimate of drug-likeness (QED) is 0.817. The number of aryl methyl sites for hydroxylation is 1. The van der Waals surface area contributed by atoms with Crippen molar-refractivity contribution in [3.63, 3.8) is 0 Å². The van der Waals surface area contributed by atoms with Crippen LogP contribution in [0.4, 0.5) is 5.95 Å². The fourth-order valence-electron chi connectivity index (χ4n) is 2.05. The smallest absolute Gasteiger partial charge is 0.339 e. The van der Waals surface area contributed by atoms with E-state index in [1.54, 1.807) is 13.3 Å². The number of fused-ring (bicyclic) bond motifs is 1. The maximum absolute atomic E-state index is 10.9. The van der Waals surface area contributed by atoms with Crippen LogP contribution in [0.5, 0.6) is 0 Å². The summed E-state index contributed by atoms with van der Waals surface area (Å²) in [6.07, 6.45) is 3.05. The van der Waals surface area contributed by atoms with Crippen LogP contribution in [0.25, 0.3) is 0 Å². The van der Waals surface area contributed by atoms with Gasteiger partial charge in [0, 0.05) is 19.3 Å². The summed E-state index contributed by atoms with van der Waals surface area (Å²) < 4.78 is 1.98. The summed E-state index contributed by atoms with van der Waals surface area (Å²) in [5.41, 5.74) is 0.591. The van der Waals surface area contributed by atoms with Crippen molar-refractivity contribution in [2.24, 2.45) is 0 Å². The Morgan fingerprint density at radius 3 is 3.00 bits per heavy atom. The predicted octanol–water partition coefficient (Wildman–Crippen LogP) is 0.0949. The van der Waals surface area contributed by atoms with Gasteiger partial charge in [0.05, 0.1) is 17.8 Å². The zero-order chi connectivity index (χ0) is 13.4. The van der Waals surface area contributed by atoms with Crippen molar-refractivity contribution in [3.8, 4) is 0 Å². The molecule has 0 saturated heterocycles. The molecule has 1 N–H and O–H groups in total. The zero-order valence-electron chi connectivity index (χ0n) is 10.3. The van der Waals surface area contributed by atoms with Crippen LogP contribution >= 0.6 is 0 Å². The molecule has 98 valence electrons. The van der Waals surface area contributed by atoms with Crippen molar-refractivity contribution in [2.75, 3.05) is 11.4 Å². The number of aromatic carboxylic acids is 1. The number of carboxylic acid groups (broad SMARTS) is 1. The van der Waals surface area contributed by atoms with Gasteiger partial charge in [-0.3, -0.25) is 0 Å². The summed E-state index contributed by atoms with van der Waals surface area (Å²) in [7, 11) is 0. The number of nitrogens with zero attached hydrogens (tertiary/aromatic N) is 6. The Hall–Kier alpha value is -2.51. The minimum absolute atomic E-state index is 0.129. The molecule has 0 atom stereocenters. The first-order valence-corrected chi connectivity index (χ1v) is 5.83. The third kappa shape index (κ3) is 2.01. The topological polar surface area (TPSA) is 97.0 Å². The van der Waals surface area contributed by atoms with Crippen LogP contribution < -0.4 is 4.90 Å². The lowest BCUT2D eigenvalue weighted by Gasteiger charge is -2.27. The first-order valence-electron chi connectivity index (χ1n) is 5.83. The summed E-state index contributed by atoms with van der Waals surface area (Å²) in [5, 5.41) is 16.8. The van der Waals surface area contributed by atoms with E-state index in [9.17, 15) is 4.79 Å². The highest BCUT2D eigenvalue weighted by atomic mass is 16.4. The normalized spacial score (nSPS) is 14.3. The highest BCUT2D eigenvalue weighted by Crippen LogP contribution is 2.17. The Labute approximate surface area is 108 Å². The minimum Gasteiger partial charge on any atom is -0.478 e. The van der Waals surface area contributed by atoms with Crippen LogP contribution in [-0.2, 0) is 13.1 Å². The average Bonchev–Trinajstić information content (AvgIpc) is 2.85. The summed E-state index contributed by atoms with van der Waals surface area (Å²) in [4.78, 5) is 21.3. The third-order valence-corrected chi connectivity index (χ3v) is 3.12. The summed E-state index contributed by atoms with van der Waals surface area (Å²) >= 11 is 0. The van der Waals surface area contributed by atoms with Crippen LogP contribution in [0.3, 0.4) is 0 Å². The second-order valence-electron chi connectivity index (χ2n) is 4.34. The van der Waals surface area contributed by atoms with Crippen molar-refractivity contribution in [1.82, 2.24) is 24.7 Å². The summed E-state index contributed by atoms with van der Waals surface area (Å²) in [6.45, 7) is 3.76. The third-order valence-electron chi connectivity index (χ3n) is 3.12. The lowest BCUT2D eigenvalue weighted by atomic mass is 10.2. The van der Waals surface area contributed by atoms with Gasteiger partial charge in [-0.1, -0.05) is 0 Å². The van der Waals surface area contributed by atoms with Crippen molar-refractivity contribution < 1.29 is 9.90 Å². The Bertz CT molecular complexity index is 638. The van der Waals surface area contributed by atoms with Gasteiger partial charge in [-0.05, 0) is 6.92 Å². The van der Waals surface area contributed by atoms with Gasteiger partial charge in [-0.25, -0.2) is 14.8 Å². The molecule has 8 heteroatoms. The maximum Gasteiger partial charge on any atom is 0.339 e. The van der Waals surface area contributed by atoms with Crippen LogP contribution in [0, 0.1) is 6.92 Å². The number of hydrogen-bond donors (Lipinski definition) is 1. The van der Waals surface area contributed by atoms with E-state index in [0.29, 0.717) is 18.2 Å². The monoisotopic (exact) mass is 260 g/mol. The lowest BCUT2D eigenvalue weighted by molar-refractivity contribution is 0.0695. The van der Waals surface area contributed by atoms with Gasteiger partial charge in [-0.15, -0.1) is 10.2 Å². The van der Waals surface area contributed by atoms with Gasteiger partial charge < -0.3 is 14.6 Å². The number of anilines is 1. The molecule has 0 bridgehead atoms. The Morgan fingerprint density at radius 2 is 2.26 bits per heavy atom. The van der Waals surface area contributed by atoms with Crippen molar-refractivity contribution in [3.05, 3.63) is 29.6 Å². The molecular weight excluding hydrogens is 248 g/mol. The first kappa shape index (κ1) is 11.6. The van der Waals surface area contributed by atoms with Gasteiger partial charge in [0.25, 0.3) is 0 Å². The van der Waals surface area contributed by atoms with E-state index in [2.05, 4.69) is 20.2 Å². The van der Waals surface area contributed by atoms with Gasteiger partial charge in [-0.2, -0.15) is 0 Å². The maximum atomic E-state index is 10.9. The van der Waals surface area contributed by atoms with E-state index in [-0.39, 0.29) is 5.56 Å². The van der Waals surface area contributed by atoms with Crippen LogP contribution in [0.1, 0.15) is 21.9 Å². The molecule has 0 aliphatic carbocycles. The molecule has 1 aliphatic heterocycles. The van der Waals surface area contributed by atoms with Crippen LogP contribution in [0.15, 0.2) is 12.5 Å². The summed E-state index contributed by atoms with van der Waals surface area (Å²) in [5.74, 6) is 0.369. The van der Waals surface area contributed by atoms with E-state index in [0.717, 1.165) is 18.9 Å². The second kappa shape index (κ2) is 4.30. The van der Waals surface area contributed by atoms with E-state index in [1.807, 2.05) is 9.47 Å². The molecule has 0 unspecified atom stereocenters. The number of hydrogen-bond acceptors (Lipinski definition) is 6. The van der Waals surface area contributed by atoms with Gasteiger partial charge >= 0.3 is 5.97 Å². The van der Waals surface area contributed by atoms with Crippen LogP contribution in [-0.4, -0.2) is 42.4 Å².